The molecule has 0 aromatic carbocycles. The van der Waals surface area contributed by atoms with Crippen LogP contribution in [-0.2, 0) is 6.54 Å². The van der Waals surface area contributed by atoms with Crippen molar-refractivity contribution >= 4 is 5.78 Å². The summed E-state index contributed by atoms with van der Waals surface area (Å²) >= 11 is 0. The zero-order chi connectivity index (χ0) is 19.1. The Bertz CT molecular complexity index is 664. The van der Waals surface area contributed by atoms with Crippen molar-refractivity contribution in [3.05, 3.63) is 29.1 Å². The SMILES string of the molecule is CC(=O)c1cnc2c(c1)CN(CC1CCC(C(F)(F)F)CC1)[C@H]2C(C)C. The molecule has 0 N–H and O–H groups in total. The summed E-state index contributed by atoms with van der Waals surface area (Å²) in [5, 5.41) is 0. The summed E-state index contributed by atoms with van der Waals surface area (Å²) in [6.07, 6.45) is -0.652. The summed E-state index contributed by atoms with van der Waals surface area (Å²) in [5.41, 5.74) is 2.73. The third-order valence-corrected chi connectivity index (χ3v) is 5.89. The van der Waals surface area contributed by atoms with Gasteiger partial charge in [0, 0.05) is 24.8 Å². The molecule has 2 heterocycles. The first-order valence-corrected chi connectivity index (χ1v) is 9.47. The van der Waals surface area contributed by atoms with Crippen LogP contribution in [-0.4, -0.2) is 28.4 Å². The monoisotopic (exact) mass is 368 g/mol. The predicted molar refractivity (Wildman–Crippen MR) is 93.7 cm³/mol. The minimum Gasteiger partial charge on any atom is -0.294 e. The zero-order valence-corrected chi connectivity index (χ0v) is 15.6. The van der Waals surface area contributed by atoms with Gasteiger partial charge in [-0.1, -0.05) is 13.8 Å². The van der Waals surface area contributed by atoms with Gasteiger partial charge in [-0.2, -0.15) is 13.2 Å². The lowest BCUT2D eigenvalue weighted by molar-refractivity contribution is -0.184. The number of alkyl halides is 3. The van der Waals surface area contributed by atoms with Gasteiger partial charge in [0.1, 0.15) is 0 Å². The number of rotatable bonds is 4. The van der Waals surface area contributed by atoms with Crippen molar-refractivity contribution in [1.29, 1.82) is 0 Å². The van der Waals surface area contributed by atoms with Crippen LogP contribution in [0.15, 0.2) is 12.3 Å². The lowest BCUT2D eigenvalue weighted by atomic mass is 9.81. The van der Waals surface area contributed by atoms with Crippen molar-refractivity contribution in [1.82, 2.24) is 9.88 Å². The molecule has 1 aliphatic heterocycles. The molecule has 26 heavy (non-hydrogen) atoms. The van der Waals surface area contributed by atoms with E-state index in [1.807, 2.05) is 6.07 Å². The molecule has 3 rings (SSSR count). The third kappa shape index (κ3) is 3.95. The summed E-state index contributed by atoms with van der Waals surface area (Å²) in [5.74, 6) is -0.463. The van der Waals surface area contributed by atoms with E-state index in [9.17, 15) is 18.0 Å². The fourth-order valence-corrected chi connectivity index (χ4v) is 4.52. The normalized spacial score (nSPS) is 27.0. The van der Waals surface area contributed by atoms with Gasteiger partial charge in [-0.25, -0.2) is 0 Å². The lowest BCUT2D eigenvalue weighted by Gasteiger charge is -2.35. The first kappa shape index (κ1) is 19.3. The maximum atomic E-state index is 12.9. The number of carbonyl (C=O) groups is 1. The number of aromatic nitrogens is 1. The number of halogens is 3. The van der Waals surface area contributed by atoms with E-state index in [0.717, 1.165) is 24.3 Å². The van der Waals surface area contributed by atoms with Crippen LogP contribution < -0.4 is 0 Å². The Hall–Kier alpha value is -1.43. The first-order chi connectivity index (χ1) is 12.2. The molecule has 1 saturated carbocycles. The van der Waals surface area contributed by atoms with Crippen molar-refractivity contribution < 1.29 is 18.0 Å². The molecule has 144 valence electrons. The van der Waals surface area contributed by atoms with Gasteiger partial charge < -0.3 is 0 Å². The van der Waals surface area contributed by atoms with Gasteiger partial charge in [0.25, 0.3) is 0 Å². The molecule has 6 heteroatoms. The number of hydrogen-bond acceptors (Lipinski definition) is 3. The number of pyridine rings is 1. The standard InChI is InChI=1S/C20H27F3N2O/c1-12(2)19-18-16(8-15(9-24-18)13(3)26)11-25(19)10-14-4-6-17(7-5-14)20(21,22)23/h8-9,12,14,17,19H,4-7,10-11H2,1-3H3/t14?,17?,19-/m0/s1. The Labute approximate surface area is 153 Å². The van der Waals surface area contributed by atoms with Crippen LogP contribution in [0.1, 0.15) is 74.1 Å². The number of nitrogens with zero attached hydrogens (tertiary/aromatic N) is 2. The van der Waals surface area contributed by atoms with Crippen molar-refractivity contribution in [2.45, 2.75) is 65.2 Å². The Kier molecular flexibility index (Phi) is 5.42. The van der Waals surface area contributed by atoms with E-state index < -0.39 is 12.1 Å². The highest BCUT2D eigenvalue weighted by Gasteiger charge is 2.42. The molecule has 0 unspecified atom stereocenters. The second-order valence-electron chi connectivity index (χ2n) is 8.20. The smallest absolute Gasteiger partial charge is 0.294 e. The molecule has 2 aliphatic rings. The van der Waals surface area contributed by atoms with Gasteiger partial charge >= 0.3 is 6.18 Å². The number of carbonyl (C=O) groups excluding carboxylic acids is 1. The Morgan fingerprint density at radius 2 is 1.92 bits per heavy atom. The number of hydrogen-bond donors (Lipinski definition) is 0. The van der Waals surface area contributed by atoms with Crippen molar-refractivity contribution in [2.75, 3.05) is 6.54 Å². The molecule has 1 aromatic rings. The number of fused-ring (bicyclic) bond motifs is 1. The first-order valence-electron chi connectivity index (χ1n) is 9.47. The molecule has 1 atom stereocenters. The fraction of sp³-hybridized carbons (Fsp3) is 0.700. The maximum Gasteiger partial charge on any atom is 0.391 e. The summed E-state index contributed by atoms with van der Waals surface area (Å²) in [7, 11) is 0. The minimum atomic E-state index is -4.05. The van der Waals surface area contributed by atoms with Gasteiger partial charge in [0.05, 0.1) is 17.7 Å². The van der Waals surface area contributed by atoms with Crippen LogP contribution in [0.3, 0.4) is 0 Å². The largest absolute Gasteiger partial charge is 0.391 e. The van der Waals surface area contributed by atoms with E-state index in [4.69, 9.17) is 0 Å². The summed E-state index contributed by atoms with van der Waals surface area (Å²) < 4.78 is 38.6. The van der Waals surface area contributed by atoms with Gasteiger partial charge in [-0.3, -0.25) is 14.7 Å². The molecule has 0 saturated heterocycles. The van der Waals surface area contributed by atoms with E-state index in [0.29, 0.717) is 30.2 Å². The second kappa shape index (κ2) is 7.29. The van der Waals surface area contributed by atoms with E-state index in [1.165, 1.54) is 6.92 Å². The van der Waals surface area contributed by atoms with Crippen LogP contribution in [0, 0.1) is 17.8 Å². The molecule has 1 fully saturated rings. The molecule has 0 spiro atoms. The van der Waals surface area contributed by atoms with Crippen molar-refractivity contribution in [3.63, 3.8) is 0 Å². The van der Waals surface area contributed by atoms with Crippen LogP contribution in [0.4, 0.5) is 13.2 Å². The topological polar surface area (TPSA) is 33.2 Å². The molecule has 1 aliphatic carbocycles. The van der Waals surface area contributed by atoms with E-state index in [2.05, 4.69) is 23.7 Å². The van der Waals surface area contributed by atoms with Crippen LogP contribution in [0.5, 0.6) is 0 Å². The molecular weight excluding hydrogens is 341 g/mol. The second-order valence-corrected chi connectivity index (χ2v) is 8.20. The summed E-state index contributed by atoms with van der Waals surface area (Å²) in [4.78, 5) is 18.5. The van der Waals surface area contributed by atoms with E-state index in [1.54, 1.807) is 6.20 Å². The van der Waals surface area contributed by atoms with Crippen molar-refractivity contribution in [3.8, 4) is 0 Å². The Morgan fingerprint density at radius 3 is 2.46 bits per heavy atom. The van der Waals surface area contributed by atoms with Gasteiger partial charge in [0.2, 0.25) is 0 Å². The van der Waals surface area contributed by atoms with Crippen LogP contribution >= 0.6 is 0 Å². The lowest BCUT2D eigenvalue weighted by Crippen LogP contribution is -2.35. The number of Topliss-reactive ketones (excluding diaryl/α,β-unsaturated/α-hetero) is 1. The summed E-state index contributed by atoms with van der Waals surface area (Å²) in [6, 6.07) is 2.10. The average molecular weight is 368 g/mol. The Morgan fingerprint density at radius 1 is 1.27 bits per heavy atom. The number of ketones is 1. The van der Waals surface area contributed by atoms with Gasteiger partial charge in [0.15, 0.2) is 5.78 Å². The van der Waals surface area contributed by atoms with Crippen LogP contribution in [0.2, 0.25) is 0 Å². The molecular formula is C20H27F3N2O. The molecule has 1 aromatic heterocycles. The van der Waals surface area contributed by atoms with Crippen molar-refractivity contribution in [2.24, 2.45) is 17.8 Å². The van der Waals surface area contributed by atoms with Crippen LogP contribution in [0.25, 0.3) is 0 Å². The Balaban J connectivity index is 1.69. The molecule has 0 amide bonds. The highest BCUT2D eigenvalue weighted by Crippen LogP contribution is 2.42. The predicted octanol–water partition coefficient (Wildman–Crippen LogP) is 5.17. The maximum absolute atomic E-state index is 12.9. The molecule has 0 radical (unpaired) electrons. The zero-order valence-electron chi connectivity index (χ0n) is 15.6. The molecule has 0 bridgehead atoms. The van der Waals surface area contributed by atoms with Gasteiger partial charge in [-0.05, 0) is 56.1 Å². The van der Waals surface area contributed by atoms with Gasteiger partial charge in [-0.15, -0.1) is 0 Å². The fourth-order valence-electron chi connectivity index (χ4n) is 4.52. The minimum absolute atomic E-state index is 0.00493. The highest BCUT2D eigenvalue weighted by molar-refractivity contribution is 5.93. The molecule has 3 nitrogen and oxygen atoms in total. The van der Waals surface area contributed by atoms with E-state index >= 15 is 0 Å². The van der Waals surface area contributed by atoms with E-state index in [-0.39, 0.29) is 24.7 Å². The summed E-state index contributed by atoms with van der Waals surface area (Å²) in [6.45, 7) is 7.36. The average Bonchev–Trinajstić information content (AvgIpc) is 2.91. The third-order valence-electron chi connectivity index (χ3n) is 5.89. The highest BCUT2D eigenvalue weighted by atomic mass is 19.4. The quantitative estimate of drug-likeness (QED) is 0.688.